The van der Waals surface area contributed by atoms with E-state index in [1.807, 2.05) is 49.8 Å². The smallest absolute Gasteiger partial charge is 0.140 e. The van der Waals surface area contributed by atoms with Crippen LogP contribution in [-0.4, -0.2) is 19.3 Å². The van der Waals surface area contributed by atoms with Crippen molar-refractivity contribution in [3.8, 4) is 11.4 Å². The van der Waals surface area contributed by atoms with Crippen LogP contribution in [0.25, 0.3) is 11.4 Å². The summed E-state index contributed by atoms with van der Waals surface area (Å²) in [7, 11) is 1.91. The van der Waals surface area contributed by atoms with Crippen molar-refractivity contribution in [2.24, 2.45) is 7.05 Å². The highest BCUT2D eigenvalue weighted by molar-refractivity contribution is 5.59. The van der Waals surface area contributed by atoms with Crippen molar-refractivity contribution in [3.63, 3.8) is 0 Å². The van der Waals surface area contributed by atoms with Gasteiger partial charge in [-0.3, -0.25) is 4.68 Å². The number of nitrogens with two attached hydrogens (primary N) is 1. The van der Waals surface area contributed by atoms with Crippen molar-refractivity contribution in [1.82, 2.24) is 19.3 Å². The Morgan fingerprint density at radius 2 is 1.89 bits per heavy atom. The Morgan fingerprint density at radius 3 is 2.58 bits per heavy atom. The maximum Gasteiger partial charge on any atom is 0.140 e. The minimum absolute atomic E-state index is 0.709. The summed E-state index contributed by atoms with van der Waals surface area (Å²) in [6.07, 6.45) is 5.70. The van der Waals surface area contributed by atoms with Crippen molar-refractivity contribution in [2.75, 3.05) is 5.73 Å². The third-order valence-electron chi connectivity index (χ3n) is 2.99. The molecule has 5 heteroatoms. The molecule has 0 aliphatic rings. The van der Waals surface area contributed by atoms with E-state index >= 15 is 0 Å². The fourth-order valence-corrected chi connectivity index (χ4v) is 2.05. The second-order valence-electron chi connectivity index (χ2n) is 4.48. The van der Waals surface area contributed by atoms with Crippen molar-refractivity contribution < 1.29 is 0 Å². The van der Waals surface area contributed by atoms with E-state index in [4.69, 9.17) is 5.73 Å². The molecule has 0 saturated heterocycles. The van der Waals surface area contributed by atoms with Crippen molar-refractivity contribution >= 4 is 5.69 Å². The van der Waals surface area contributed by atoms with E-state index in [0.29, 0.717) is 6.54 Å². The Morgan fingerprint density at radius 1 is 1.11 bits per heavy atom. The van der Waals surface area contributed by atoms with E-state index in [1.165, 1.54) is 0 Å². The van der Waals surface area contributed by atoms with Crippen molar-refractivity contribution in [2.45, 2.75) is 6.54 Å². The molecule has 0 bridgehead atoms. The Bertz CT molecular complexity index is 678. The number of anilines is 1. The molecule has 0 fully saturated rings. The van der Waals surface area contributed by atoms with Gasteiger partial charge in [0, 0.05) is 36.9 Å². The quantitative estimate of drug-likeness (QED) is 0.725. The number of imidazole rings is 1. The van der Waals surface area contributed by atoms with Gasteiger partial charge in [-0.05, 0) is 30.3 Å². The number of benzene rings is 1. The molecule has 0 atom stereocenters. The number of aromatic nitrogens is 4. The zero-order valence-corrected chi connectivity index (χ0v) is 10.7. The lowest BCUT2D eigenvalue weighted by atomic mass is 10.2. The average Bonchev–Trinajstić information content (AvgIpc) is 3.00. The fraction of sp³-hybridized carbons (Fsp3) is 0.143. The summed E-state index contributed by atoms with van der Waals surface area (Å²) in [6, 6.07) is 9.73. The van der Waals surface area contributed by atoms with Crippen LogP contribution in [0.3, 0.4) is 0 Å². The third-order valence-corrected chi connectivity index (χ3v) is 2.99. The van der Waals surface area contributed by atoms with Gasteiger partial charge < -0.3 is 10.3 Å². The summed E-state index contributed by atoms with van der Waals surface area (Å²) in [5.41, 5.74) is 8.52. The zero-order valence-electron chi connectivity index (χ0n) is 10.7. The third kappa shape index (κ3) is 2.35. The van der Waals surface area contributed by atoms with E-state index in [2.05, 4.69) is 14.6 Å². The van der Waals surface area contributed by atoms with Crippen molar-refractivity contribution in [1.29, 1.82) is 0 Å². The highest BCUT2D eigenvalue weighted by Crippen LogP contribution is 2.19. The van der Waals surface area contributed by atoms with Gasteiger partial charge in [0.1, 0.15) is 5.82 Å². The van der Waals surface area contributed by atoms with Gasteiger partial charge in [0.05, 0.1) is 12.2 Å². The molecule has 1 aromatic carbocycles. The first kappa shape index (κ1) is 11.5. The molecule has 2 N–H and O–H groups in total. The second-order valence-corrected chi connectivity index (χ2v) is 4.48. The molecule has 0 saturated carbocycles. The molecule has 3 aromatic rings. The van der Waals surface area contributed by atoms with Gasteiger partial charge in [0.25, 0.3) is 0 Å². The van der Waals surface area contributed by atoms with Crippen LogP contribution in [-0.2, 0) is 13.6 Å². The second kappa shape index (κ2) is 4.61. The number of rotatable bonds is 3. The van der Waals surface area contributed by atoms with Gasteiger partial charge in [-0.25, -0.2) is 4.98 Å². The van der Waals surface area contributed by atoms with E-state index in [9.17, 15) is 0 Å². The van der Waals surface area contributed by atoms with Crippen LogP contribution in [0.5, 0.6) is 0 Å². The first-order chi connectivity index (χ1) is 9.22. The average molecular weight is 253 g/mol. The van der Waals surface area contributed by atoms with Gasteiger partial charge in [-0.1, -0.05) is 0 Å². The van der Waals surface area contributed by atoms with E-state index in [0.717, 1.165) is 22.8 Å². The number of hydrogen-bond donors (Lipinski definition) is 1. The molecule has 0 radical (unpaired) electrons. The summed E-state index contributed by atoms with van der Waals surface area (Å²) >= 11 is 0. The van der Waals surface area contributed by atoms with Crippen LogP contribution in [0, 0.1) is 0 Å². The summed E-state index contributed by atoms with van der Waals surface area (Å²) in [6.45, 7) is 0.709. The van der Waals surface area contributed by atoms with Gasteiger partial charge in [0.2, 0.25) is 0 Å². The molecule has 0 spiro atoms. The van der Waals surface area contributed by atoms with E-state index in [1.54, 1.807) is 10.9 Å². The lowest BCUT2D eigenvalue weighted by Crippen LogP contribution is -2.02. The topological polar surface area (TPSA) is 61.7 Å². The van der Waals surface area contributed by atoms with Gasteiger partial charge in [-0.2, -0.15) is 5.10 Å². The van der Waals surface area contributed by atoms with Crippen LogP contribution < -0.4 is 5.73 Å². The lowest BCUT2D eigenvalue weighted by Gasteiger charge is -2.06. The van der Waals surface area contributed by atoms with E-state index in [-0.39, 0.29) is 0 Å². The highest BCUT2D eigenvalue weighted by atomic mass is 15.3. The minimum Gasteiger partial charge on any atom is -0.399 e. The molecule has 96 valence electrons. The number of aryl methyl sites for hydroxylation is 1. The predicted octanol–water partition coefficient (Wildman–Crippen LogP) is 1.91. The number of nitrogen functional groups attached to an aromatic ring is 1. The SMILES string of the molecule is Cn1ccc(Cn2ccnc2-c2ccc(N)cc2)n1. The summed E-state index contributed by atoms with van der Waals surface area (Å²) in [4.78, 5) is 4.41. The standard InChI is InChI=1S/C14H15N5/c1-18-8-6-13(17-18)10-19-9-7-16-14(19)11-2-4-12(15)5-3-11/h2-9H,10,15H2,1H3. The Hall–Kier alpha value is -2.56. The molecule has 19 heavy (non-hydrogen) atoms. The minimum atomic E-state index is 0.709. The Labute approximate surface area is 111 Å². The van der Waals surface area contributed by atoms with Crippen LogP contribution in [0.4, 0.5) is 5.69 Å². The zero-order chi connectivity index (χ0) is 13.2. The number of nitrogens with zero attached hydrogens (tertiary/aromatic N) is 4. The largest absolute Gasteiger partial charge is 0.399 e. The molecule has 0 unspecified atom stereocenters. The van der Waals surface area contributed by atoms with Gasteiger partial charge >= 0.3 is 0 Å². The maximum atomic E-state index is 5.70. The molecule has 2 heterocycles. The maximum absolute atomic E-state index is 5.70. The molecule has 2 aromatic heterocycles. The molecule has 5 nitrogen and oxygen atoms in total. The van der Waals surface area contributed by atoms with Crippen LogP contribution in [0.1, 0.15) is 5.69 Å². The molecule has 0 aliphatic carbocycles. The first-order valence-electron chi connectivity index (χ1n) is 6.08. The van der Waals surface area contributed by atoms with Crippen LogP contribution in [0.2, 0.25) is 0 Å². The molecular weight excluding hydrogens is 238 g/mol. The van der Waals surface area contributed by atoms with Gasteiger partial charge in [0.15, 0.2) is 0 Å². The molecular formula is C14H15N5. The monoisotopic (exact) mass is 253 g/mol. The Kier molecular flexibility index (Phi) is 2.79. The summed E-state index contributed by atoms with van der Waals surface area (Å²) in [5, 5.41) is 4.38. The highest BCUT2D eigenvalue weighted by Gasteiger charge is 2.07. The molecule has 0 amide bonds. The lowest BCUT2D eigenvalue weighted by molar-refractivity contribution is 0.709. The summed E-state index contributed by atoms with van der Waals surface area (Å²) in [5.74, 6) is 0.922. The first-order valence-corrected chi connectivity index (χ1v) is 6.08. The molecule has 0 aliphatic heterocycles. The fourth-order valence-electron chi connectivity index (χ4n) is 2.05. The predicted molar refractivity (Wildman–Crippen MR) is 74.4 cm³/mol. The van der Waals surface area contributed by atoms with Crippen LogP contribution in [0.15, 0.2) is 48.9 Å². The summed E-state index contributed by atoms with van der Waals surface area (Å²) < 4.78 is 3.88. The van der Waals surface area contributed by atoms with Crippen molar-refractivity contribution in [3.05, 3.63) is 54.6 Å². The number of hydrogen-bond acceptors (Lipinski definition) is 3. The van der Waals surface area contributed by atoms with E-state index < -0.39 is 0 Å². The Balaban J connectivity index is 1.92. The van der Waals surface area contributed by atoms with Crippen LogP contribution >= 0.6 is 0 Å². The van der Waals surface area contributed by atoms with Gasteiger partial charge in [-0.15, -0.1) is 0 Å². The normalized spacial score (nSPS) is 10.8. The molecule has 3 rings (SSSR count).